The molecule has 0 aliphatic heterocycles. The zero-order valence-electron chi connectivity index (χ0n) is 17.7. The molecule has 9 nitrogen and oxygen atoms in total. The van der Waals surface area contributed by atoms with E-state index >= 15 is 0 Å². The van der Waals surface area contributed by atoms with Gasteiger partial charge in [0.1, 0.15) is 12.6 Å². The van der Waals surface area contributed by atoms with Gasteiger partial charge >= 0.3 is 17.9 Å². The Hall–Kier alpha value is -3.43. The van der Waals surface area contributed by atoms with Gasteiger partial charge in [0.25, 0.3) is 0 Å². The first-order valence-corrected chi connectivity index (χ1v) is 9.48. The average Bonchev–Trinajstić information content (AvgIpc) is 2.73. The molecule has 2 aromatic carbocycles. The van der Waals surface area contributed by atoms with Gasteiger partial charge in [-0.3, -0.25) is 14.4 Å². The van der Waals surface area contributed by atoms with E-state index in [4.69, 9.17) is 19.9 Å². The number of halogens is 1. The molecule has 172 valence electrons. The van der Waals surface area contributed by atoms with Gasteiger partial charge in [-0.25, -0.2) is 4.79 Å². The number of carbonyl (C=O) groups is 4. The van der Waals surface area contributed by atoms with Crippen molar-refractivity contribution in [3.05, 3.63) is 59.7 Å². The van der Waals surface area contributed by atoms with Gasteiger partial charge in [0.05, 0.1) is 6.54 Å². The van der Waals surface area contributed by atoms with Crippen LogP contribution < -0.4 is 20.5 Å². The third kappa shape index (κ3) is 8.75. The van der Waals surface area contributed by atoms with Gasteiger partial charge < -0.3 is 25.3 Å². The third-order valence-electron chi connectivity index (χ3n) is 3.98. The Morgan fingerprint density at radius 2 is 1.53 bits per heavy atom. The van der Waals surface area contributed by atoms with Crippen LogP contribution in [-0.4, -0.2) is 36.4 Å². The van der Waals surface area contributed by atoms with Crippen molar-refractivity contribution in [2.75, 3.05) is 6.54 Å². The molecule has 0 bridgehead atoms. The lowest BCUT2D eigenvalue weighted by Gasteiger charge is -2.18. The molecule has 0 spiro atoms. The highest BCUT2D eigenvalue weighted by atomic mass is 35.5. The minimum Gasteiger partial charge on any atom is -0.459 e. The molecule has 10 heteroatoms. The Balaban J connectivity index is 0.00000512. The molecule has 0 radical (unpaired) electrons. The van der Waals surface area contributed by atoms with E-state index in [-0.39, 0.29) is 43.5 Å². The zero-order chi connectivity index (χ0) is 22.8. The van der Waals surface area contributed by atoms with Gasteiger partial charge in [0, 0.05) is 20.3 Å². The van der Waals surface area contributed by atoms with E-state index in [9.17, 15) is 19.2 Å². The number of ether oxygens (including phenoxy) is 3. The highest BCUT2D eigenvalue weighted by molar-refractivity contribution is 5.86. The van der Waals surface area contributed by atoms with Gasteiger partial charge in [0.15, 0.2) is 11.5 Å². The van der Waals surface area contributed by atoms with Crippen LogP contribution in [0.5, 0.6) is 11.5 Å². The van der Waals surface area contributed by atoms with E-state index in [1.54, 1.807) is 18.2 Å². The summed E-state index contributed by atoms with van der Waals surface area (Å²) in [6, 6.07) is 12.5. The largest absolute Gasteiger partial charge is 0.459 e. The number of amides is 1. The standard InChI is InChI=1S/C22H24N2O7.ClH/c1-14(25)30-19-9-8-17(11-20(19)31-15(2)26)10-18(24-21(27)12-23)22(28)29-13-16-6-4-3-5-7-16;/h3-9,11,18H,10,12-13,23H2,1-2H3,(H,24,27);1H/t18-;/m0./s1. The summed E-state index contributed by atoms with van der Waals surface area (Å²) in [5.74, 6) is -2.30. The first-order valence-electron chi connectivity index (χ1n) is 9.48. The molecule has 0 aromatic heterocycles. The maximum atomic E-state index is 12.6. The molecule has 0 saturated carbocycles. The molecule has 0 fully saturated rings. The number of nitrogens with two attached hydrogens (primary N) is 1. The smallest absolute Gasteiger partial charge is 0.329 e. The first-order chi connectivity index (χ1) is 14.8. The molecule has 0 unspecified atom stereocenters. The Labute approximate surface area is 191 Å². The Morgan fingerprint density at radius 3 is 2.12 bits per heavy atom. The van der Waals surface area contributed by atoms with Crippen LogP contribution in [0, 0.1) is 0 Å². The van der Waals surface area contributed by atoms with Crippen molar-refractivity contribution >= 4 is 36.2 Å². The van der Waals surface area contributed by atoms with Crippen molar-refractivity contribution in [3.63, 3.8) is 0 Å². The van der Waals surface area contributed by atoms with Crippen LogP contribution in [0.3, 0.4) is 0 Å². The Morgan fingerprint density at radius 1 is 0.906 bits per heavy atom. The second-order valence-electron chi connectivity index (χ2n) is 6.59. The highest BCUT2D eigenvalue weighted by Crippen LogP contribution is 2.29. The first kappa shape index (κ1) is 26.6. The number of hydrogen-bond acceptors (Lipinski definition) is 8. The SMILES string of the molecule is CC(=O)Oc1ccc(C[C@H](NC(=O)CN)C(=O)OCc2ccccc2)cc1OC(C)=O.Cl. The molecule has 2 rings (SSSR count). The Kier molecular flexibility index (Phi) is 10.9. The molecule has 32 heavy (non-hydrogen) atoms. The van der Waals surface area contributed by atoms with E-state index in [0.717, 1.165) is 5.56 Å². The van der Waals surface area contributed by atoms with Crippen molar-refractivity contribution in [3.8, 4) is 11.5 Å². The van der Waals surface area contributed by atoms with E-state index in [1.165, 1.54) is 26.0 Å². The number of rotatable bonds is 9. The predicted molar refractivity (Wildman–Crippen MR) is 117 cm³/mol. The molecule has 2 aromatic rings. The average molecular weight is 465 g/mol. The van der Waals surface area contributed by atoms with Crippen molar-refractivity contribution in [1.29, 1.82) is 0 Å². The monoisotopic (exact) mass is 464 g/mol. The molecular formula is C22H25ClN2O7. The molecule has 0 aliphatic rings. The van der Waals surface area contributed by atoms with Crippen LogP contribution in [0.2, 0.25) is 0 Å². The summed E-state index contributed by atoms with van der Waals surface area (Å²) < 4.78 is 15.5. The van der Waals surface area contributed by atoms with Gasteiger partial charge in [-0.1, -0.05) is 36.4 Å². The van der Waals surface area contributed by atoms with Crippen LogP contribution in [-0.2, 0) is 36.9 Å². The lowest BCUT2D eigenvalue weighted by atomic mass is 10.0. The topological polar surface area (TPSA) is 134 Å². The molecule has 3 N–H and O–H groups in total. The molecule has 1 atom stereocenters. The molecule has 0 saturated heterocycles. The number of nitrogens with one attached hydrogen (secondary N) is 1. The Bertz CT molecular complexity index is 951. The third-order valence-corrected chi connectivity index (χ3v) is 3.98. The van der Waals surface area contributed by atoms with Crippen LogP contribution in [0.4, 0.5) is 0 Å². The molecular weight excluding hydrogens is 440 g/mol. The number of esters is 3. The normalized spacial score (nSPS) is 10.8. The van der Waals surface area contributed by atoms with Gasteiger partial charge in [-0.05, 0) is 23.3 Å². The lowest BCUT2D eigenvalue weighted by molar-refractivity contribution is -0.149. The van der Waals surface area contributed by atoms with Crippen molar-refractivity contribution in [2.24, 2.45) is 5.73 Å². The van der Waals surface area contributed by atoms with Crippen LogP contribution in [0.25, 0.3) is 0 Å². The van der Waals surface area contributed by atoms with Gasteiger partial charge in [-0.15, -0.1) is 12.4 Å². The van der Waals surface area contributed by atoms with Crippen molar-refractivity contribution in [1.82, 2.24) is 5.32 Å². The van der Waals surface area contributed by atoms with Gasteiger partial charge in [-0.2, -0.15) is 0 Å². The quantitative estimate of drug-likeness (QED) is 0.423. The van der Waals surface area contributed by atoms with E-state index in [0.29, 0.717) is 5.56 Å². The summed E-state index contributed by atoms with van der Waals surface area (Å²) in [6.07, 6.45) is 0.0357. The highest BCUT2D eigenvalue weighted by Gasteiger charge is 2.23. The fourth-order valence-electron chi connectivity index (χ4n) is 2.66. The van der Waals surface area contributed by atoms with Crippen LogP contribution in [0.15, 0.2) is 48.5 Å². The molecule has 0 aliphatic carbocycles. The summed E-state index contributed by atoms with van der Waals surface area (Å²) >= 11 is 0. The maximum Gasteiger partial charge on any atom is 0.329 e. The zero-order valence-corrected chi connectivity index (χ0v) is 18.5. The van der Waals surface area contributed by atoms with Crippen LogP contribution in [0.1, 0.15) is 25.0 Å². The van der Waals surface area contributed by atoms with E-state index in [2.05, 4.69) is 5.32 Å². The fraction of sp³-hybridized carbons (Fsp3) is 0.273. The van der Waals surface area contributed by atoms with Gasteiger partial charge in [0.2, 0.25) is 5.91 Å². The lowest BCUT2D eigenvalue weighted by Crippen LogP contribution is -2.45. The summed E-state index contributed by atoms with van der Waals surface area (Å²) in [5.41, 5.74) is 6.68. The molecule has 0 heterocycles. The minimum atomic E-state index is -1.02. The fourth-order valence-corrected chi connectivity index (χ4v) is 2.66. The second-order valence-corrected chi connectivity index (χ2v) is 6.59. The van der Waals surface area contributed by atoms with Crippen LogP contribution >= 0.6 is 12.4 Å². The van der Waals surface area contributed by atoms with Crippen molar-refractivity contribution in [2.45, 2.75) is 32.9 Å². The summed E-state index contributed by atoms with van der Waals surface area (Å²) in [6.45, 7) is 2.16. The summed E-state index contributed by atoms with van der Waals surface area (Å²) in [7, 11) is 0. The maximum absolute atomic E-state index is 12.6. The molecule has 1 amide bonds. The van der Waals surface area contributed by atoms with E-state index < -0.39 is 29.9 Å². The van der Waals surface area contributed by atoms with Crippen molar-refractivity contribution < 1.29 is 33.4 Å². The second kappa shape index (κ2) is 13.1. The minimum absolute atomic E-state index is 0. The predicted octanol–water partition coefficient (Wildman–Crippen LogP) is 1.69. The number of hydrogen-bond donors (Lipinski definition) is 2. The number of carbonyl (C=O) groups excluding carboxylic acids is 4. The van der Waals surface area contributed by atoms with E-state index in [1.807, 2.05) is 18.2 Å². The summed E-state index contributed by atoms with van der Waals surface area (Å²) in [5, 5.41) is 2.53. The number of benzene rings is 2. The summed E-state index contributed by atoms with van der Waals surface area (Å²) in [4.78, 5) is 47.1.